The van der Waals surface area contributed by atoms with E-state index in [1.165, 1.54) is 0 Å². The normalized spacial score (nSPS) is 11.4. The second kappa shape index (κ2) is 12.7. The van der Waals surface area contributed by atoms with Crippen LogP contribution in [0.25, 0.3) is 0 Å². The number of amides is 1. The van der Waals surface area contributed by atoms with Gasteiger partial charge >= 0.3 is 0 Å². The van der Waals surface area contributed by atoms with Crippen LogP contribution in [0, 0.1) is 0 Å². The summed E-state index contributed by atoms with van der Waals surface area (Å²) in [6, 6.07) is 14.6. The molecule has 0 heterocycles. The summed E-state index contributed by atoms with van der Waals surface area (Å²) in [5, 5.41) is 4.03. The van der Waals surface area contributed by atoms with Crippen LogP contribution in [0.2, 0.25) is 0 Å². The predicted octanol–water partition coefficient (Wildman–Crippen LogP) is 3.46. The number of nitrogens with zero attached hydrogens (tertiary/aromatic N) is 2. The first-order chi connectivity index (χ1) is 14.5. The van der Waals surface area contributed by atoms with Gasteiger partial charge in [-0.15, -0.1) is 0 Å². The molecule has 7 heteroatoms. The fraction of sp³-hybridized carbons (Fsp3) is 0.391. The maximum absolute atomic E-state index is 12.2. The Morgan fingerprint density at radius 1 is 1.03 bits per heavy atom. The number of likely N-dealkylation sites (N-methyl/N-ethyl adjacent to an activating group) is 1. The maximum Gasteiger partial charge on any atom is 0.271 e. The molecule has 0 aliphatic carbocycles. The van der Waals surface area contributed by atoms with Gasteiger partial charge in [0.25, 0.3) is 5.91 Å². The Labute approximate surface area is 178 Å². The van der Waals surface area contributed by atoms with Gasteiger partial charge < -0.3 is 19.1 Å². The van der Waals surface area contributed by atoms with E-state index in [0.717, 1.165) is 23.4 Å². The van der Waals surface area contributed by atoms with Crippen molar-refractivity contribution < 1.29 is 19.0 Å². The average molecular weight is 414 g/mol. The van der Waals surface area contributed by atoms with Crippen molar-refractivity contribution in [1.29, 1.82) is 0 Å². The zero-order valence-electron chi connectivity index (χ0n) is 18.1. The number of nitrogens with one attached hydrogen (secondary N) is 1. The van der Waals surface area contributed by atoms with E-state index in [4.69, 9.17) is 14.2 Å². The molecule has 2 aromatic carbocycles. The molecule has 30 heavy (non-hydrogen) atoms. The van der Waals surface area contributed by atoms with Gasteiger partial charge in [0.1, 0.15) is 12.4 Å². The first-order valence-electron chi connectivity index (χ1n) is 10.1. The van der Waals surface area contributed by atoms with Crippen LogP contribution in [0.1, 0.15) is 41.6 Å². The topological polar surface area (TPSA) is 72.4 Å². The second-order valence-electron chi connectivity index (χ2n) is 6.78. The number of rotatable bonds is 12. The molecular formula is C23H31N3O4. The molecule has 162 valence electrons. The van der Waals surface area contributed by atoms with Crippen LogP contribution in [-0.4, -0.2) is 57.5 Å². The van der Waals surface area contributed by atoms with Crippen molar-refractivity contribution in [3.63, 3.8) is 0 Å². The molecule has 2 rings (SSSR count). The highest BCUT2D eigenvalue weighted by Gasteiger charge is 2.10. The van der Waals surface area contributed by atoms with E-state index in [2.05, 4.69) is 10.5 Å². The summed E-state index contributed by atoms with van der Waals surface area (Å²) in [6.45, 7) is 6.43. The number of hydrazone groups is 1. The lowest BCUT2D eigenvalue weighted by atomic mass is 10.1. The van der Waals surface area contributed by atoms with Gasteiger partial charge in [0.2, 0.25) is 0 Å². The minimum atomic E-state index is -0.375. The van der Waals surface area contributed by atoms with Crippen LogP contribution in [0.5, 0.6) is 5.75 Å². The van der Waals surface area contributed by atoms with Gasteiger partial charge in [-0.05, 0) is 57.8 Å². The Morgan fingerprint density at radius 3 is 2.23 bits per heavy atom. The summed E-state index contributed by atoms with van der Waals surface area (Å²) in [5.74, 6) is 0.449. The van der Waals surface area contributed by atoms with Gasteiger partial charge in [-0.25, -0.2) is 5.43 Å². The lowest BCUT2D eigenvalue weighted by molar-refractivity contribution is -0.140. The second-order valence-corrected chi connectivity index (χ2v) is 6.78. The highest BCUT2D eigenvalue weighted by Crippen LogP contribution is 2.19. The standard InChI is InChI=1S/C23H31N3O4/c1-5-28-23(29-6-2)20-9-7-18(8-10-20)17-24-25-22(27)19-11-13-21(14-12-19)30-16-15-26(3)4/h7-14,17,23H,5-6,15-16H2,1-4H3,(H,25,27)/b24-17+. The average Bonchev–Trinajstić information content (AvgIpc) is 2.74. The Bertz CT molecular complexity index is 783. The number of carbonyl (C=O) groups is 1. The summed E-state index contributed by atoms with van der Waals surface area (Å²) in [4.78, 5) is 14.3. The molecule has 0 atom stereocenters. The van der Waals surface area contributed by atoms with Gasteiger partial charge in [-0.1, -0.05) is 24.3 Å². The summed E-state index contributed by atoms with van der Waals surface area (Å²) in [5.41, 5.74) is 4.84. The van der Waals surface area contributed by atoms with Crippen molar-refractivity contribution in [2.75, 3.05) is 40.5 Å². The molecule has 0 saturated carbocycles. The van der Waals surface area contributed by atoms with Gasteiger partial charge in [-0.2, -0.15) is 5.10 Å². The Balaban J connectivity index is 1.86. The third-order valence-corrected chi connectivity index (χ3v) is 4.15. The van der Waals surface area contributed by atoms with E-state index < -0.39 is 0 Å². The molecule has 0 unspecified atom stereocenters. The van der Waals surface area contributed by atoms with Gasteiger partial charge in [0.05, 0.1) is 6.21 Å². The molecule has 1 N–H and O–H groups in total. The van der Waals surface area contributed by atoms with Gasteiger partial charge in [-0.3, -0.25) is 4.79 Å². The maximum atomic E-state index is 12.2. The smallest absolute Gasteiger partial charge is 0.271 e. The van der Waals surface area contributed by atoms with E-state index in [-0.39, 0.29) is 12.2 Å². The van der Waals surface area contributed by atoms with Crippen LogP contribution >= 0.6 is 0 Å². The minimum Gasteiger partial charge on any atom is -0.492 e. The summed E-state index contributed by atoms with van der Waals surface area (Å²) < 4.78 is 16.8. The van der Waals surface area contributed by atoms with Crippen molar-refractivity contribution >= 4 is 12.1 Å². The minimum absolute atomic E-state index is 0.282. The zero-order valence-corrected chi connectivity index (χ0v) is 18.1. The van der Waals surface area contributed by atoms with Crippen LogP contribution in [0.3, 0.4) is 0 Å². The summed E-state index contributed by atoms with van der Waals surface area (Å²) in [6.07, 6.45) is 1.22. The molecule has 0 aromatic heterocycles. The first-order valence-corrected chi connectivity index (χ1v) is 10.1. The number of carbonyl (C=O) groups excluding carboxylic acids is 1. The van der Waals surface area contributed by atoms with Crippen LogP contribution in [0.4, 0.5) is 0 Å². The van der Waals surface area contributed by atoms with Crippen LogP contribution in [-0.2, 0) is 9.47 Å². The van der Waals surface area contributed by atoms with Crippen molar-refractivity contribution in [2.45, 2.75) is 20.1 Å². The summed E-state index contributed by atoms with van der Waals surface area (Å²) in [7, 11) is 3.98. The van der Waals surface area contributed by atoms with Gasteiger partial charge in [0.15, 0.2) is 6.29 Å². The number of benzene rings is 2. The van der Waals surface area contributed by atoms with Crippen molar-refractivity contribution in [2.24, 2.45) is 5.10 Å². The zero-order chi connectivity index (χ0) is 21.8. The van der Waals surface area contributed by atoms with Crippen molar-refractivity contribution in [3.8, 4) is 5.75 Å². The van der Waals surface area contributed by atoms with Crippen molar-refractivity contribution in [1.82, 2.24) is 10.3 Å². The summed E-state index contributed by atoms with van der Waals surface area (Å²) >= 11 is 0. The quantitative estimate of drug-likeness (QED) is 0.328. The molecule has 0 spiro atoms. The first kappa shape index (κ1) is 23.5. The Hall–Kier alpha value is -2.74. The van der Waals surface area contributed by atoms with E-state index in [1.807, 2.05) is 57.1 Å². The van der Waals surface area contributed by atoms with Crippen molar-refractivity contribution in [3.05, 3.63) is 65.2 Å². The molecule has 0 aliphatic heterocycles. The number of ether oxygens (including phenoxy) is 3. The van der Waals surface area contributed by atoms with Crippen LogP contribution in [0.15, 0.2) is 53.6 Å². The molecule has 0 bridgehead atoms. The molecule has 0 radical (unpaired) electrons. The number of hydrogen-bond donors (Lipinski definition) is 1. The highest BCUT2D eigenvalue weighted by atomic mass is 16.7. The molecule has 0 aliphatic rings. The fourth-order valence-corrected chi connectivity index (χ4v) is 2.56. The lowest BCUT2D eigenvalue weighted by Crippen LogP contribution is -2.19. The molecule has 2 aromatic rings. The SMILES string of the molecule is CCOC(OCC)c1ccc(/C=N/NC(=O)c2ccc(OCCN(C)C)cc2)cc1. The monoisotopic (exact) mass is 413 g/mol. The van der Waals surface area contributed by atoms with Gasteiger partial charge in [0, 0.05) is 30.9 Å². The van der Waals surface area contributed by atoms with Crippen LogP contribution < -0.4 is 10.2 Å². The Kier molecular flexibility index (Phi) is 10.00. The molecule has 7 nitrogen and oxygen atoms in total. The lowest BCUT2D eigenvalue weighted by Gasteiger charge is -2.17. The predicted molar refractivity (Wildman–Crippen MR) is 118 cm³/mol. The van der Waals surface area contributed by atoms with E-state index in [9.17, 15) is 4.79 Å². The molecular weight excluding hydrogens is 382 g/mol. The molecule has 0 fully saturated rings. The Morgan fingerprint density at radius 2 is 1.67 bits per heavy atom. The largest absolute Gasteiger partial charge is 0.492 e. The van der Waals surface area contributed by atoms with E-state index in [1.54, 1.807) is 30.5 Å². The highest BCUT2D eigenvalue weighted by molar-refractivity contribution is 5.95. The van der Waals surface area contributed by atoms with E-state index in [0.29, 0.717) is 25.4 Å². The third kappa shape index (κ3) is 7.94. The third-order valence-electron chi connectivity index (χ3n) is 4.15. The number of hydrogen-bond acceptors (Lipinski definition) is 6. The fourth-order valence-electron chi connectivity index (χ4n) is 2.56. The van der Waals surface area contributed by atoms with E-state index >= 15 is 0 Å². The molecule has 1 amide bonds. The molecule has 0 saturated heterocycles.